The number of hydrogen-bond donors (Lipinski definition) is 3. The minimum atomic E-state index is -0.289. The topological polar surface area (TPSA) is 79.9 Å². The zero-order valence-corrected chi connectivity index (χ0v) is 7.77. The second-order valence-electron chi connectivity index (χ2n) is 2.27. The van der Waals surface area contributed by atoms with Crippen molar-refractivity contribution in [3.63, 3.8) is 0 Å². The molecule has 0 fully saturated rings. The Morgan fingerprint density at radius 1 is 1.69 bits per heavy atom. The van der Waals surface area contributed by atoms with Gasteiger partial charge in [-0.15, -0.1) is 0 Å². The van der Waals surface area contributed by atoms with Crippen molar-refractivity contribution >= 4 is 6.34 Å². The molecule has 5 nitrogen and oxygen atoms in total. The number of hydrogen-bond acceptors (Lipinski definition) is 4. The number of hydroxylamine groups is 1. The van der Waals surface area contributed by atoms with E-state index < -0.39 is 0 Å². The van der Waals surface area contributed by atoms with Gasteiger partial charge in [0.1, 0.15) is 6.26 Å². The Balaban J connectivity index is 4.26. The van der Waals surface area contributed by atoms with E-state index in [0.717, 1.165) is 6.26 Å². The third-order valence-electron chi connectivity index (χ3n) is 1.36. The molecule has 0 rings (SSSR count). The maximum atomic E-state index is 8.72. The Kier molecular flexibility index (Phi) is 6.35. The molecule has 0 spiro atoms. The predicted octanol–water partition coefficient (Wildman–Crippen LogP) is 0.468. The van der Waals surface area contributed by atoms with Crippen LogP contribution in [0.25, 0.3) is 0 Å². The van der Waals surface area contributed by atoms with Crippen LogP contribution in [0.15, 0.2) is 29.2 Å². The van der Waals surface area contributed by atoms with Gasteiger partial charge in [-0.25, -0.2) is 0 Å². The Labute approximate surface area is 77.6 Å². The molecule has 0 bridgehead atoms. The molecule has 0 saturated carbocycles. The van der Waals surface area contributed by atoms with E-state index in [4.69, 9.17) is 15.7 Å². The van der Waals surface area contributed by atoms with Crippen molar-refractivity contribution in [3.8, 4) is 0 Å². The summed E-state index contributed by atoms with van der Waals surface area (Å²) in [6.07, 6.45) is 5.26. The summed E-state index contributed by atoms with van der Waals surface area (Å²) in [7, 11) is 1.64. The van der Waals surface area contributed by atoms with Gasteiger partial charge in [0, 0.05) is 7.05 Å². The van der Waals surface area contributed by atoms with Crippen LogP contribution >= 0.6 is 0 Å². The van der Waals surface area contributed by atoms with Crippen molar-refractivity contribution in [1.82, 2.24) is 5.48 Å². The fourth-order valence-corrected chi connectivity index (χ4v) is 0.670. The van der Waals surface area contributed by atoms with Crippen molar-refractivity contribution < 1.29 is 9.94 Å². The highest BCUT2D eigenvalue weighted by molar-refractivity contribution is 5.52. The molecule has 74 valence electrons. The standard InChI is InChI=1S/C8H15N3O2/c1-7(5-12)8(11-6-9)3-4-13-10-2/h3-6,8,10,12H,1-2H3,(H2,9,11)/b4-3+,7-5+. The van der Waals surface area contributed by atoms with Crippen molar-refractivity contribution in [2.75, 3.05) is 7.05 Å². The zero-order valence-electron chi connectivity index (χ0n) is 7.77. The maximum Gasteiger partial charge on any atom is 0.109 e. The molecule has 0 heterocycles. The highest BCUT2D eigenvalue weighted by atomic mass is 16.6. The first-order valence-electron chi connectivity index (χ1n) is 3.79. The van der Waals surface area contributed by atoms with Gasteiger partial charge in [0.25, 0.3) is 0 Å². The second kappa shape index (κ2) is 7.17. The third-order valence-corrected chi connectivity index (χ3v) is 1.36. The first kappa shape index (κ1) is 11.5. The van der Waals surface area contributed by atoms with Crippen molar-refractivity contribution in [3.05, 3.63) is 24.2 Å². The van der Waals surface area contributed by atoms with Crippen LogP contribution < -0.4 is 11.2 Å². The maximum absolute atomic E-state index is 8.72. The lowest BCUT2D eigenvalue weighted by molar-refractivity contribution is 0.157. The number of aliphatic hydroxyl groups is 1. The molecule has 1 atom stereocenters. The molecule has 0 amide bonds. The zero-order chi connectivity index (χ0) is 10.1. The average Bonchev–Trinajstić information content (AvgIpc) is 2.16. The Morgan fingerprint density at radius 2 is 2.38 bits per heavy atom. The van der Waals surface area contributed by atoms with E-state index in [1.54, 1.807) is 20.0 Å². The van der Waals surface area contributed by atoms with Gasteiger partial charge >= 0.3 is 0 Å². The van der Waals surface area contributed by atoms with E-state index in [1.165, 1.54) is 12.6 Å². The predicted molar refractivity (Wildman–Crippen MR) is 52.1 cm³/mol. The van der Waals surface area contributed by atoms with Gasteiger partial charge in [0.05, 0.1) is 18.6 Å². The summed E-state index contributed by atoms with van der Waals surface area (Å²) in [6.45, 7) is 1.74. The van der Waals surface area contributed by atoms with E-state index in [2.05, 4.69) is 10.5 Å². The normalized spacial score (nSPS) is 15.4. The molecule has 0 saturated heterocycles. The molecule has 5 heteroatoms. The van der Waals surface area contributed by atoms with Crippen LogP contribution in [0.3, 0.4) is 0 Å². The van der Waals surface area contributed by atoms with Gasteiger partial charge in [0.2, 0.25) is 0 Å². The van der Waals surface area contributed by atoms with Gasteiger partial charge in [0.15, 0.2) is 0 Å². The third kappa shape index (κ3) is 4.86. The minimum Gasteiger partial charge on any atom is -0.516 e. The number of nitrogens with two attached hydrogens (primary N) is 1. The number of rotatable bonds is 5. The molecule has 4 N–H and O–H groups in total. The molecular weight excluding hydrogens is 170 g/mol. The fourth-order valence-electron chi connectivity index (χ4n) is 0.670. The summed E-state index contributed by atoms with van der Waals surface area (Å²) in [4.78, 5) is 8.65. The molecule has 0 aromatic heterocycles. The van der Waals surface area contributed by atoms with Gasteiger partial charge in [-0.05, 0) is 18.6 Å². The first-order chi connectivity index (χ1) is 6.26. The van der Waals surface area contributed by atoms with E-state index in [1.807, 2.05) is 0 Å². The fraction of sp³-hybridized carbons (Fsp3) is 0.375. The van der Waals surface area contributed by atoms with Crippen LogP contribution in [0.2, 0.25) is 0 Å². The monoisotopic (exact) mass is 185 g/mol. The Morgan fingerprint density at radius 3 is 2.85 bits per heavy atom. The van der Waals surface area contributed by atoms with Crippen LogP contribution in [0.4, 0.5) is 0 Å². The summed E-state index contributed by atoms with van der Waals surface area (Å²) in [5.74, 6) is 0. The molecule has 1 unspecified atom stereocenters. The SMILES string of the molecule is CNO/C=C/C(N=CN)/C(C)=C/O. The molecule has 0 aromatic rings. The Hall–Kier alpha value is -1.49. The molecule has 0 radical (unpaired) electrons. The lowest BCUT2D eigenvalue weighted by atomic mass is 10.1. The van der Waals surface area contributed by atoms with Crippen molar-refractivity contribution in [2.24, 2.45) is 10.7 Å². The van der Waals surface area contributed by atoms with Gasteiger partial charge in [-0.1, -0.05) is 0 Å². The van der Waals surface area contributed by atoms with Gasteiger partial charge in [-0.2, -0.15) is 5.48 Å². The van der Waals surface area contributed by atoms with E-state index in [0.29, 0.717) is 5.57 Å². The smallest absolute Gasteiger partial charge is 0.109 e. The van der Waals surface area contributed by atoms with E-state index in [9.17, 15) is 0 Å². The Bertz CT molecular complexity index is 211. The second-order valence-corrected chi connectivity index (χ2v) is 2.27. The highest BCUT2D eigenvalue weighted by Gasteiger charge is 2.03. The lowest BCUT2D eigenvalue weighted by Crippen LogP contribution is -2.07. The van der Waals surface area contributed by atoms with Gasteiger partial charge < -0.3 is 15.7 Å². The summed E-state index contributed by atoms with van der Waals surface area (Å²) in [5, 5.41) is 8.72. The lowest BCUT2D eigenvalue weighted by Gasteiger charge is -2.05. The summed E-state index contributed by atoms with van der Waals surface area (Å²) >= 11 is 0. The molecule has 0 aliphatic heterocycles. The van der Waals surface area contributed by atoms with Crippen LogP contribution in [0.5, 0.6) is 0 Å². The number of nitrogens with zero attached hydrogens (tertiary/aromatic N) is 1. The quantitative estimate of drug-likeness (QED) is 0.252. The van der Waals surface area contributed by atoms with Crippen molar-refractivity contribution in [2.45, 2.75) is 13.0 Å². The largest absolute Gasteiger partial charge is 0.516 e. The van der Waals surface area contributed by atoms with Crippen molar-refractivity contribution in [1.29, 1.82) is 0 Å². The molecular formula is C8H15N3O2. The van der Waals surface area contributed by atoms with E-state index in [-0.39, 0.29) is 6.04 Å². The molecule has 0 aliphatic rings. The van der Waals surface area contributed by atoms with Crippen LogP contribution in [0.1, 0.15) is 6.92 Å². The summed E-state index contributed by atoms with van der Waals surface area (Å²) < 4.78 is 0. The molecule has 13 heavy (non-hydrogen) atoms. The van der Waals surface area contributed by atoms with Gasteiger partial charge in [-0.3, -0.25) is 4.99 Å². The van der Waals surface area contributed by atoms with Crippen LogP contribution in [-0.4, -0.2) is 24.5 Å². The first-order valence-corrected chi connectivity index (χ1v) is 3.79. The summed E-state index contributed by atoms with van der Waals surface area (Å²) in [5.41, 5.74) is 8.28. The highest BCUT2D eigenvalue weighted by Crippen LogP contribution is 2.05. The number of aliphatic imine (C=N–C) groups is 1. The van der Waals surface area contributed by atoms with E-state index >= 15 is 0 Å². The molecule has 0 aliphatic carbocycles. The number of nitrogens with one attached hydrogen (secondary N) is 1. The minimum absolute atomic E-state index is 0.289. The molecule has 0 aromatic carbocycles. The number of aliphatic hydroxyl groups excluding tert-OH is 1. The van der Waals surface area contributed by atoms with Crippen LogP contribution in [-0.2, 0) is 4.84 Å². The summed E-state index contributed by atoms with van der Waals surface area (Å²) in [6, 6.07) is -0.289. The van der Waals surface area contributed by atoms with Crippen LogP contribution in [0, 0.1) is 0 Å². The average molecular weight is 185 g/mol.